The normalized spacial score (nSPS) is 17.4. The summed E-state index contributed by atoms with van der Waals surface area (Å²) < 4.78 is 6.33. The maximum absolute atomic E-state index is 9.32. The van der Waals surface area contributed by atoms with Crippen LogP contribution in [-0.4, -0.2) is 50.4 Å². The van der Waals surface area contributed by atoms with E-state index in [1.807, 2.05) is 54.8 Å². The fourth-order valence-electron chi connectivity index (χ4n) is 3.49. The number of nitrogens with zero attached hydrogens (tertiary/aromatic N) is 3. The number of hydrogen-bond acceptors (Lipinski definition) is 6. The van der Waals surface area contributed by atoms with Gasteiger partial charge in [0.15, 0.2) is 11.4 Å². The zero-order valence-corrected chi connectivity index (χ0v) is 20.2. The first-order valence-corrected chi connectivity index (χ1v) is 11.4. The highest BCUT2D eigenvalue weighted by Crippen LogP contribution is 2.28. The minimum absolute atomic E-state index is 0.265. The van der Waals surface area contributed by atoms with Gasteiger partial charge in [-0.05, 0) is 57.2 Å². The summed E-state index contributed by atoms with van der Waals surface area (Å²) in [5, 5.41) is 26.2. The molecule has 1 fully saturated rings. The Morgan fingerprint density at radius 1 is 1.24 bits per heavy atom. The second-order valence-corrected chi connectivity index (χ2v) is 8.21. The first-order chi connectivity index (χ1) is 15.8. The van der Waals surface area contributed by atoms with Gasteiger partial charge in [-0.15, -0.1) is 6.42 Å². The van der Waals surface area contributed by atoms with E-state index in [1.165, 1.54) is 7.11 Å². The van der Waals surface area contributed by atoms with Gasteiger partial charge in [-0.2, -0.15) is 9.61 Å². The number of anilines is 1. The van der Waals surface area contributed by atoms with E-state index in [4.69, 9.17) is 16.6 Å². The average Bonchev–Trinajstić information content (AvgIpc) is 3.48. The number of aliphatic hydroxyl groups excluding tert-OH is 1. The van der Waals surface area contributed by atoms with Crippen LogP contribution in [0, 0.1) is 18.3 Å². The molecule has 7 nitrogen and oxygen atoms in total. The Morgan fingerprint density at radius 3 is 2.58 bits per heavy atom. The predicted octanol–water partition coefficient (Wildman–Crippen LogP) is 4.34. The number of hydrogen-bond donors (Lipinski definition) is 3. The standard InChI is InChI=1S/C20H20N4O.C4H10O2.C2H6/c1-2-14-4-3-5-16(10-14)18-12-20-21-9-8-19(24(20)23-18)22-17-7-6-15(11-17)13-25;1-4(2,5)6-3;1-2/h1,3-5,8-10,12,15,17,22,25H,6-7,11,13H2;5H,1-3H3;1-2H3. The van der Waals surface area contributed by atoms with Crippen molar-refractivity contribution in [1.82, 2.24) is 14.6 Å². The van der Waals surface area contributed by atoms with E-state index in [2.05, 4.69) is 21.0 Å². The van der Waals surface area contributed by atoms with Crippen molar-refractivity contribution in [2.75, 3.05) is 19.0 Å². The molecule has 7 heteroatoms. The van der Waals surface area contributed by atoms with E-state index >= 15 is 0 Å². The summed E-state index contributed by atoms with van der Waals surface area (Å²) in [4.78, 5) is 4.42. The molecule has 0 saturated heterocycles. The summed E-state index contributed by atoms with van der Waals surface area (Å²) in [6, 6.07) is 12.1. The molecule has 1 saturated carbocycles. The van der Waals surface area contributed by atoms with Crippen molar-refractivity contribution in [2.45, 2.75) is 58.8 Å². The van der Waals surface area contributed by atoms with Gasteiger partial charge in [-0.1, -0.05) is 31.9 Å². The molecular formula is C26H36N4O3. The van der Waals surface area contributed by atoms with Crippen LogP contribution in [0.4, 0.5) is 5.82 Å². The Kier molecular flexibility index (Phi) is 9.86. The van der Waals surface area contributed by atoms with E-state index in [0.29, 0.717) is 12.0 Å². The van der Waals surface area contributed by atoms with Crippen LogP contribution in [0.2, 0.25) is 0 Å². The monoisotopic (exact) mass is 452 g/mol. The lowest BCUT2D eigenvalue weighted by molar-refractivity contribution is -0.155. The van der Waals surface area contributed by atoms with Crippen molar-refractivity contribution in [3.8, 4) is 23.6 Å². The van der Waals surface area contributed by atoms with E-state index in [9.17, 15) is 5.11 Å². The molecule has 33 heavy (non-hydrogen) atoms. The molecule has 2 heterocycles. The summed E-state index contributed by atoms with van der Waals surface area (Å²) in [5.74, 6) is 3.02. The molecular weight excluding hydrogens is 416 g/mol. The molecule has 2 aromatic heterocycles. The van der Waals surface area contributed by atoms with E-state index in [0.717, 1.165) is 47.5 Å². The summed E-state index contributed by atoms with van der Waals surface area (Å²) in [6.45, 7) is 7.42. The lowest BCUT2D eigenvalue weighted by Crippen LogP contribution is -2.20. The molecule has 1 aromatic carbocycles. The number of terminal acetylenes is 1. The summed E-state index contributed by atoms with van der Waals surface area (Å²) in [7, 11) is 1.46. The minimum atomic E-state index is -0.958. The van der Waals surface area contributed by atoms with Gasteiger partial charge in [-0.3, -0.25) is 0 Å². The Labute approximate surface area is 196 Å². The molecule has 4 rings (SSSR count). The molecule has 0 spiro atoms. The Hall–Kier alpha value is -2.92. The fraction of sp³-hybridized carbons (Fsp3) is 0.462. The van der Waals surface area contributed by atoms with Gasteiger partial charge in [0.2, 0.25) is 0 Å². The van der Waals surface area contributed by atoms with Gasteiger partial charge < -0.3 is 20.3 Å². The number of benzene rings is 1. The van der Waals surface area contributed by atoms with Crippen molar-refractivity contribution in [2.24, 2.45) is 5.92 Å². The number of rotatable bonds is 5. The first kappa shape index (κ1) is 26.3. The van der Waals surface area contributed by atoms with Crippen LogP contribution in [0.15, 0.2) is 42.6 Å². The lowest BCUT2D eigenvalue weighted by atomic mass is 10.1. The highest BCUT2D eigenvalue weighted by molar-refractivity contribution is 5.67. The van der Waals surface area contributed by atoms with Crippen molar-refractivity contribution in [1.29, 1.82) is 0 Å². The third kappa shape index (κ3) is 7.57. The van der Waals surface area contributed by atoms with Crippen LogP contribution in [0.1, 0.15) is 52.5 Å². The molecule has 178 valence electrons. The predicted molar refractivity (Wildman–Crippen MR) is 133 cm³/mol. The van der Waals surface area contributed by atoms with Gasteiger partial charge in [0, 0.05) is 43.1 Å². The zero-order chi connectivity index (χ0) is 24.4. The van der Waals surface area contributed by atoms with Crippen LogP contribution < -0.4 is 5.32 Å². The van der Waals surface area contributed by atoms with E-state index in [1.54, 1.807) is 20.0 Å². The Bertz CT molecular complexity index is 1050. The number of ether oxygens (including phenoxy) is 1. The highest BCUT2D eigenvalue weighted by atomic mass is 16.6. The Balaban J connectivity index is 0.000000421. The third-order valence-electron chi connectivity index (χ3n) is 5.33. The molecule has 1 aliphatic rings. The zero-order valence-electron chi connectivity index (χ0n) is 20.2. The summed E-state index contributed by atoms with van der Waals surface area (Å²) >= 11 is 0. The highest BCUT2D eigenvalue weighted by Gasteiger charge is 2.24. The van der Waals surface area contributed by atoms with Crippen LogP contribution in [-0.2, 0) is 4.74 Å². The van der Waals surface area contributed by atoms with Crippen LogP contribution in [0.5, 0.6) is 0 Å². The number of aliphatic hydroxyl groups is 2. The molecule has 3 N–H and O–H groups in total. The molecule has 2 atom stereocenters. The molecule has 1 aliphatic carbocycles. The number of aromatic nitrogens is 3. The van der Waals surface area contributed by atoms with Crippen molar-refractivity contribution in [3.63, 3.8) is 0 Å². The second-order valence-electron chi connectivity index (χ2n) is 8.21. The van der Waals surface area contributed by atoms with Gasteiger partial charge >= 0.3 is 0 Å². The number of fused-ring (bicyclic) bond motifs is 1. The molecule has 2 unspecified atom stereocenters. The van der Waals surface area contributed by atoms with Crippen LogP contribution >= 0.6 is 0 Å². The molecule has 0 bridgehead atoms. The molecule has 0 amide bonds. The second kappa shape index (κ2) is 12.4. The van der Waals surface area contributed by atoms with Crippen molar-refractivity contribution >= 4 is 11.5 Å². The molecule has 3 aromatic rings. The lowest BCUT2D eigenvalue weighted by Gasteiger charge is -2.14. The average molecular weight is 453 g/mol. The number of nitrogens with one attached hydrogen (secondary N) is 1. The fourth-order valence-corrected chi connectivity index (χ4v) is 3.49. The van der Waals surface area contributed by atoms with Gasteiger partial charge in [-0.25, -0.2) is 4.98 Å². The SMILES string of the molecule is C#Cc1cccc(-c2cc3nccc(NC4CCC(CO)C4)n3n2)c1.CC.COC(C)(C)O. The smallest absolute Gasteiger partial charge is 0.159 e. The summed E-state index contributed by atoms with van der Waals surface area (Å²) in [6.07, 6.45) is 10.4. The van der Waals surface area contributed by atoms with Crippen molar-refractivity contribution in [3.05, 3.63) is 48.2 Å². The maximum atomic E-state index is 9.32. The van der Waals surface area contributed by atoms with Gasteiger partial charge in [0.05, 0.1) is 5.69 Å². The van der Waals surface area contributed by atoms with Crippen LogP contribution in [0.25, 0.3) is 16.9 Å². The maximum Gasteiger partial charge on any atom is 0.159 e. The van der Waals surface area contributed by atoms with Gasteiger partial charge in [0.25, 0.3) is 0 Å². The van der Waals surface area contributed by atoms with E-state index in [-0.39, 0.29) is 6.61 Å². The quantitative estimate of drug-likeness (QED) is 0.394. The Morgan fingerprint density at radius 2 is 1.97 bits per heavy atom. The molecule has 0 aliphatic heterocycles. The largest absolute Gasteiger partial charge is 0.396 e. The van der Waals surface area contributed by atoms with Gasteiger partial charge in [0.1, 0.15) is 5.82 Å². The minimum Gasteiger partial charge on any atom is -0.396 e. The van der Waals surface area contributed by atoms with Crippen LogP contribution in [0.3, 0.4) is 0 Å². The first-order valence-electron chi connectivity index (χ1n) is 11.4. The van der Waals surface area contributed by atoms with E-state index < -0.39 is 5.79 Å². The number of methoxy groups -OCH3 is 1. The summed E-state index contributed by atoms with van der Waals surface area (Å²) in [5.41, 5.74) is 3.45. The topological polar surface area (TPSA) is 91.9 Å². The van der Waals surface area contributed by atoms with Crippen molar-refractivity contribution < 1.29 is 14.9 Å². The third-order valence-corrected chi connectivity index (χ3v) is 5.33. The molecule has 0 radical (unpaired) electrons.